The molecule has 0 unspecified atom stereocenters. The summed E-state index contributed by atoms with van der Waals surface area (Å²) in [4.78, 5) is 14.9. The molecule has 154 valence electrons. The molecule has 0 atom stereocenters. The van der Waals surface area contributed by atoms with E-state index in [1.807, 2.05) is 18.2 Å². The molecule has 0 spiro atoms. The Hall–Kier alpha value is -1.95. The van der Waals surface area contributed by atoms with Crippen LogP contribution in [0.3, 0.4) is 0 Å². The van der Waals surface area contributed by atoms with Crippen LogP contribution in [-0.2, 0) is 17.8 Å². The van der Waals surface area contributed by atoms with Crippen LogP contribution in [0, 0.1) is 0 Å². The third-order valence-electron chi connectivity index (χ3n) is 5.29. The molecule has 2 aromatic carbocycles. The number of likely N-dealkylation sites (tertiary alicyclic amines) is 1. The molecule has 2 aliphatic rings. The zero-order valence-corrected chi connectivity index (χ0v) is 17.6. The Kier molecular flexibility index (Phi) is 6.48. The molecule has 4 rings (SSSR count). The number of piperidine rings is 1. The number of nitrogens with zero attached hydrogens (tertiary/aromatic N) is 1. The number of benzene rings is 2. The summed E-state index contributed by atoms with van der Waals surface area (Å²) in [6.07, 6.45) is 2.17. The molecule has 1 saturated heterocycles. The van der Waals surface area contributed by atoms with Crippen LogP contribution in [0.15, 0.2) is 36.4 Å². The first-order valence-corrected chi connectivity index (χ1v) is 10.7. The second-order valence-electron chi connectivity index (χ2n) is 7.52. The number of halogens is 2. The summed E-state index contributed by atoms with van der Waals surface area (Å²) in [7, 11) is 0. The highest BCUT2D eigenvalue weighted by Crippen LogP contribution is 2.38. The summed E-state index contributed by atoms with van der Waals surface area (Å²) < 4.78 is 11.1. The number of hydrogen-bond donors (Lipinski definition) is 1. The summed E-state index contributed by atoms with van der Waals surface area (Å²) in [6, 6.07) is 11.8. The average molecular weight is 435 g/mol. The van der Waals surface area contributed by atoms with Crippen molar-refractivity contribution in [1.29, 1.82) is 0 Å². The van der Waals surface area contributed by atoms with Crippen LogP contribution in [0.4, 0.5) is 0 Å². The molecule has 0 saturated carbocycles. The maximum atomic E-state index is 12.5. The summed E-state index contributed by atoms with van der Waals surface area (Å²) in [5, 5.41) is 4.41. The summed E-state index contributed by atoms with van der Waals surface area (Å²) in [6.45, 7) is 3.82. The minimum atomic E-state index is 0.00824. The Morgan fingerprint density at radius 1 is 1.03 bits per heavy atom. The number of nitrogens with one attached hydrogen (secondary N) is 1. The number of ether oxygens (including phenoxy) is 2. The van der Waals surface area contributed by atoms with E-state index >= 15 is 0 Å². The lowest BCUT2D eigenvalue weighted by molar-refractivity contribution is -0.121. The minimum absolute atomic E-state index is 0.00824. The topological polar surface area (TPSA) is 50.8 Å². The molecule has 2 aliphatic heterocycles. The van der Waals surface area contributed by atoms with Crippen molar-refractivity contribution in [3.8, 4) is 11.5 Å². The fraction of sp³-hybridized carbons (Fsp3) is 0.409. The minimum Gasteiger partial charge on any atom is -0.486 e. The van der Waals surface area contributed by atoms with E-state index in [1.54, 1.807) is 6.07 Å². The largest absolute Gasteiger partial charge is 0.486 e. The van der Waals surface area contributed by atoms with Gasteiger partial charge in [0.15, 0.2) is 11.5 Å². The normalized spacial score (nSPS) is 17.2. The number of fused-ring (bicyclic) bond motifs is 1. The first kappa shape index (κ1) is 20.3. The monoisotopic (exact) mass is 434 g/mol. The van der Waals surface area contributed by atoms with Crippen molar-refractivity contribution in [2.75, 3.05) is 26.3 Å². The average Bonchev–Trinajstić information content (AvgIpc) is 2.71. The zero-order chi connectivity index (χ0) is 20.2. The van der Waals surface area contributed by atoms with Gasteiger partial charge in [-0.25, -0.2) is 0 Å². The molecule has 2 heterocycles. The van der Waals surface area contributed by atoms with Crippen LogP contribution >= 0.6 is 23.2 Å². The Balaban J connectivity index is 1.26. The Labute approximate surface area is 180 Å². The molecule has 0 bridgehead atoms. The summed E-state index contributed by atoms with van der Waals surface area (Å²) in [5.74, 6) is 1.19. The van der Waals surface area contributed by atoms with Gasteiger partial charge in [0, 0.05) is 30.7 Å². The highest BCUT2D eigenvalue weighted by molar-refractivity contribution is 6.32. The van der Waals surface area contributed by atoms with E-state index in [-0.39, 0.29) is 18.4 Å². The quantitative estimate of drug-likeness (QED) is 0.769. The molecule has 7 heteroatoms. The number of amides is 1. The fourth-order valence-corrected chi connectivity index (χ4v) is 4.23. The SMILES string of the molecule is O=C(Cc1cc(Cl)c2c(c1)OCCO2)NC1CCN(Cc2ccc(Cl)cc2)CC1. The van der Waals surface area contributed by atoms with Crippen LogP contribution in [0.5, 0.6) is 11.5 Å². The number of rotatable bonds is 5. The molecule has 2 aromatic rings. The molecule has 0 aliphatic carbocycles. The number of carbonyl (C=O) groups excluding carboxylic acids is 1. The van der Waals surface area contributed by atoms with Crippen molar-refractivity contribution in [3.05, 3.63) is 57.6 Å². The van der Waals surface area contributed by atoms with Gasteiger partial charge < -0.3 is 14.8 Å². The lowest BCUT2D eigenvalue weighted by atomic mass is 10.0. The highest BCUT2D eigenvalue weighted by Gasteiger charge is 2.22. The highest BCUT2D eigenvalue weighted by atomic mass is 35.5. The fourth-order valence-electron chi connectivity index (χ4n) is 3.81. The van der Waals surface area contributed by atoms with Crippen LogP contribution in [0.2, 0.25) is 10.0 Å². The molecule has 0 aromatic heterocycles. The maximum Gasteiger partial charge on any atom is 0.224 e. The van der Waals surface area contributed by atoms with Crippen LogP contribution in [-0.4, -0.2) is 43.2 Å². The number of carbonyl (C=O) groups is 1. The zero-order valence-electron chi connectivity index (χ0n) is 16.1. The van der Waals surface area contributed by atoms with Gasteiger partial charge in [-0.1, -0.05) is 35.3 Å². The van der Waals surface area contributed by atoms with E-state index in [9.17, 15) is 4.79 Å². The van der Waals surface area contributed by atoms with E-state index in [2.05, 4.69) is 22.3 Å². The van der Waals surface area contributed by atoms with Crippen LogP contribution in [0.25, 0.3) is 0 Å². The van der Waals surface area contributed by atoms with Crippen molar-refractivity contribution >= 4 is 29.1 Å². The molecular weight excluding hydrogens is 411 g/mol. The molecule has 1 N–H and O–H groups in total. The van der Waals surface area contributed by atoms with E-state index in [1.165, 1.54) is 5.56 Å². The van der Waals surface area contributed by atoms with Crippen molar-refractivity contribution in [3.63, 3.8) is 0 Å². The smallest absolute Gasteiger partial charge is 0.224 e. The van der Waals surface area contributed by atoms with Gasteiger partial charge in [-0.3, -0.25) is 9.69 Å². The van der Waals surface area contributed by atoms with Gasteiger partial charge in [0.25, 0.3) is 0 Å². The Morgan fingerprint density at radius 3 is 2.52 bits per heavy atom. The molecule has 29 heavy (non-hydrogen) atoms. The standard InChI is InChI=1S/C22H24Cl2N2O3/c23-17-3-1-15(2-4-17)14-26-7-5-18(6-8-26)25-21(27)13-16-11-19(24)22-20(12-16)28-9-10-29-22/h1-4,11-12,18H,5-10,13-14H2,(H,25,27). The second-order valence-corrected chi connectivity index (χ2v) is 8.37. The lowest BCUT2D eigenvalue weighted by Gasteiger charge is -2.32. The van der Waals surface area contributed by atoms with E-state index < -0.39 is 0 Å². The second kappa shape index (κ2) is 9.24. The first-order chi connectivity index (χ1) is 14.1. The van der Waals surface area contributed by atoms with Crippen molar-refractivity contribution in [1.82, 2.24) is 10.2 Å². The van der Waals surface area contributed by atoms with Crippen molar-refractivity contribution < 1.29 is 14.3 Å². The van der Waals surface area contributed by atoms with Crippen LogP contribution in [0.1, 0.15) is 24.0 Å². The molecule has 0 radical (unpaired) electrons. The third-order valence-corrected chi connectivity index (χ3v) is 5.83. The predicted molar refractivity (Wildman–Crippen MR) is 114 cm³/mol. The Bertz CT molecular complexity index is 865. The molecule has 1 amide bonds. The van der Waals surface area contributed by atoms with E-state index in [0.717, 1.165) is 43.1 Å². The molecule has 1 fully saturated rings. The maximum absolute atomic E-state index is 12.5. The van der Waals surface area contributed by atoms with E-state index in [0.29, 0.717) is 29.7 Å². The van der Waals surface area contributed by atoms with Gasteiger partial charge in [0.2, 0.25) is 5.91 Å². The van der Waals surface area contributed by atoms with Gasteiger partial charge in [-0.2, -0.15) is 0 Å². The van der Waals surface area contributed by atoms with E-state index in [4.69, 9.17) is 32.7 Å². The predicted octanol–water partition coefficient (Wildman–Crippen LogP) is 4.09. The third kappa shape index (κ3) is 5.35. The Morgan fingerprint density at radius 2 is 1.76 bits per heavy atom. The van der Waals surface area contributed by atoms with Gasteiger partial charge >= 0.3 is 0 Å². The summed E-state index contributed by atoms with van der Waals surface area (Å²) in [5.41, 5.74) is 2.09. The van der Waals surface area contributed by atoms with Crippen LogP contribution < -0.4 is 14.8 Å². The lowest BCUT2D eigenvalue weighted by Crippen LogP contribution is -2.44. The van der Waals surface area contributed by atoms with Crippen molar-refractivity contribution in [2.24, 2.45) is 0 Å². The first-order valence-electron chi connectivity index (χ1n) is 9.91. The number of hydrogen-bond acceptors (Lipinski definition) is 4. The summed E-state index contributed by atoms with van der Waals surface area (Å²) >= 11 is 12.2. The molecular formula is C22H24Cl2N2O3. The van der Waals surface area contributed by atoms with Gasteiger partial charge in [0.05, 0.1) is 11.4 Å². The van der Waals surface area contributed by atoms with Gasteiger partial charge in [-0.05, 0) is 48.2 Å². The molecule has 5 nitrogen and oxygen atoms in total. The van der Waals surface area contributed by atoms with Gasteiger partial charge in [0.1, 0.15) is 13.2 Å². The van der Waals surface area contributed by atoms with Crippen molar-refractivity contribution in [2.45, 2.75) is 31.8 Å². The van der Waals surface area contributed by atoms with Gasteiger partial charge in [-0.15, -0.1) is 0 Å².